The van der Waals surface area contributed by atoms with Crippen LogP contribution >= 0.6 is 0 Å². The highest BCUT2D eigenvalue weighted by atomic mass is 16.3. The number of phenols is 1. The number of amides is 3. The number of hydrogen-bond donors (Lipinski definition) is 2. The summed E-state index contributed by atoms with van der Waals surface area (Å²) in [5, 5.41) is 12.7. The van der Waals surface area contributed by atoms with Crippen LogP contribution in [0.15, 0.2) is 24.3 Å². The van der Waals surface area contributed by atoms with Gasteiger partial charge in [-0.05, 0) is 60.3 Å². The Labute approximate surface area is 166 Å². The Morgan fingerprint density at radius 2 is 1.64 bits per heavy atom. The van der Waals surface area contributed by atoms with E-state index >= 15 is 0 Å². The Balaban J connectivity index is 1.32. The third-order valence-electron chi connectivity index (χ3n) is 8.06. The van der Waals surface area contributed by atoms with Crippen molar-refractivity contribution in [1.82, 2.24) is 15.1 Å². The zero-order valence-corrected chi connectivity index (χ0v) is 17.1. The maximum atomic E-state index is 12.9. The van der Waals surface area contributed by atoms with Crippen molar-refractivity contribution < 1.29 is 14.7 Å². The van der Waals surface area contributed by atoms with Gasteiger partial charge in [0, 0.05) is 37.8 Å². The van der Waals surface area contributed by atoms with Gasteiger partial charge in [-0.3, -0.25) is 4.79 Å². The lowest BCUT2D eigenvalue weighted by Gasteiger charge is -2.41. The molecule has 2 saturated carbocycles. The van der Waals surface area contributed by atoms with Crippen molar-refractivity contribution in [1.29, 1.82) is 0 Å². The first-order valence-electron chi connectivity index (χ1n) is 10.4. The van der Waals surface area contributed by atoms with E-state index in [0.29, 0.717) is 37.7 Å². The lowest BCUT2D eigenvalue weighted by atomic mass is 9.69. The summed E-state index contributed by atoms with van der Waals surface area (Å²) in [4.78, 5) is 29.1. The van der Waals surface area contributed by atoms with E-state index in [1.165, 1.54) is 25.0 Å². The molecule has 28 heavy (non-hydrogen) atoms. The van der Waals surface area contributed by atoms with Gasteiger partial charge in [0.2, 0.25) is 0 Å². The van der Waals surface area contributed by atoms with Gasteiger partial charge in [0.15, 0.2) is 0 Å². The molecule has 3 atom stereocenters. The smallest absolute Gasteiger partial charge is 0.317 e. The van der Waals surface area contributed by atoms with Crippen molar-refractivity contribution in [3.63, 3.8) is 0 Å². The van der Waals surface area contributed by atoms with E-state index in [-0.39, 0.29) is 34.6 Å². The number of urea groups is 1. The second kappa shape index (κ2) is 6.68. The quantitative estimate of drug-likeness (QED) is 0.822. The molecule has 1 heterocycles. The SMILES string of the molecule is CC1(C)C2CCC1(C)C(NC(=O)N1CCN(C(=O)c3ccc(O)cc3)CC1)C2. The fourth-order valence-corrected chi connectivity index (χ4v) is 5.56. The first-order chi connectivity index (χ1) is 13.2. The second-order valence-corrected chi connectivity index (χ2v) is 9.44. The Morgan fingerprint density at radius 1 is 1.04 bits per heavy atom. The van der Waals surface area contributed by atoms with Crippen LogP contribution in [0.1, 0.15) is 50.4 Å². The number of phenolic OH excluding ortho intramolecular Hbond substituents is 1. The average Bonchev–Trinajstić information content (AvgIpc) is 3.01. The molecular formula is C22H31N3O3. The number of benzene rings is 1. The molecule has 1 aromatic carbocycles. The van der Waals surface area contributed by atoms with Gasteiger partial charge >= 0.3 is 6.03 Å². The summed E-state index contributed by atoms with van der Waals surface area (Å²) in [5.41, 5.74) is 1.01. The second-order valence-electron chi connectivity index (χ2n) is 9.44. The predicted octanol–water partition coefficient (Wildman–Crippen LogP) is 3.07. The first kappa shape index (κ1) is 19.1. The van der Waals surface area contributed by atoms with Crippen molar-refractivity contribution in [2.75, 3.05) is 26.2 Å². The standard InChI is InChI=1S/C22H31N3O3/c1-21(2)16-8-9-22(21,3)18(14-16)23-20(28)25-12-10-24(11-13-25)19(27)15-4-6-17(26)7-5-15/h4-7,16,18,26H,8-14H2,1-3H3,(H,23,28). The number of carbonyl (C=O) groups excluding carboxylic acids is 2. The van der Waals surface area contributed by atoms with Crippen LogP contribution in [0.25, 0.3) is 0 Å². The van der Waals surface area contributed by atoms with E-state index in [4.69, 9.17) is 0 Å². The zero-order chi connectivity index (χ0) is 20.1. The minimum Gasteiger partial charge on any atom is -0.508 e. The molecule has 3 amide bonds. The Kier molecular flexibility index (Phi) is 4.55. The minimum atomic E-state index is -0.0533. The molecule has 6 nitrogen and oxygen atoms in total. The van der Waals surface area contributed by atoms with Crippen LogP contribution in [0.3, 0.4) is 0 Å². The summed E-state index contributed by atoms with van der Waals surface area (Å²) in [6, 6.07) is 6.56. The number of fused-ring (bicyclic) bond motifs is 2. The van der Waals surface area contributed by atoms with Crippen LogP contribution in [0.2, 0.25) is 0 Å². The van der Waals surface area contributed by atoms with E-state index in [9.17, 15) is 14.7 Å². The highest BCUT2D eigenvalue weighted by Crippen LogP contribution is 2.65. The average molecular weight is 386 g/mol. The number of nitrogens with zero attached hydrogens (tertiary/aromatic N) is 2. The first-order valence-corrected chi connectivity index (χ1v) is 10.4. The molecule has 4 rings (SSSR count). The number of nitrogens with one attached hydrogen (secondary N) is 1. The summed E-state index contributed by atoms with van der Waals surface area (Å²) < 4.78 is 0. The van der Waals surface area contributed by atoms with Gasteiger partial charge in [-0.1, -0.05) is 20.8 Å². The monoisotopic (exact) mass is 385 g/mol. The molecule has 3 fully saturated rings. The molecule has 2 aliphatic carbocycles. The van der Waals surface area contributed by atoms with Crippen LogP contribution in [0.4, 0.5) is 4.79 Å². The number of rotatable bonds is 2. The molecule has 2 N–H and O–H groups in total. The normalized spacial score (nSPS) is 31.1. The van der Waals surface area contributed by atoms with Crippen LogP contribution in [-0.2, 0) is 0 Å². The van der Waals surface area contributed by atoms with Crippen molar-refractivity contribution in [3.8, 4) is 5.75 Å². The van der Waals surface area contributed by atoms with Crippen LogP contribution in [0, 0.1) is 16.7 Å². The van der Waals surface area contributed by atoms with E-state index in [1.54, 1.807) is 17.0 Å². The number of carbonyl (C=O) groups is 2. The van der Waals surface area contributed by atoms with Crippen LogP contribution < -0.4 is 5.32 Å². The molecule has 1 aliphatic heterocycles. The summed E-state index contributed by atoms with van der Waals surface area (Å²) in [7, 11) is 0. The number of aromatic hydroxyl groups is 1. The van der Waals surface area contributed by atoms with E-state index in [0.717, 1.165) is 6.42 Å². The Morgan fingerprint density at radius 3 is 2.18 bits per heavy atom. The molecule has 1 aromatic rings. The lowest BCUT2D eigenvalue weighted by Crippen LogP contribution is -2.56. The molecule has 6 heteroatoms. The summed E-state index contributed by atoms with van der Waals surface area (Å²) in [6.07, 6.45) is 3.53. The molecule has 3 aliphatic rings. The minimum absolute atomic E-state index is 0.00584. The van der Waals surface area contributed by atoms with Crippen molar-refractivity contribution in [2.24, 2.45) is 16.7 Å². The van der Waals surface area contributed by atoms with Crippen molar-refractivity contribution in [2.45, 2.75) is 46.1 Å². The number of hydrogen-bond acceptors (Lipinski definition) is 3. The van der Waals surface area contributed by atoms with Gasteiger partial charge in [0.1, 0.15) is 5.75 Å². The third-order valence-corrected chi connectivity index (χ3v) is 8.06. The zero-order valence-electron chi connectivity index (χ0n) is 17.1. The van der Waals surface area contributed by atoms with Gasteiger partial charge in [-0.25, -0.2) is 4.79 Å². The van der Waals surface area contributed by atoms with Crippen LogP contribution in [0.5, 0.6) is 5.75 Å². The molecule has 0 aromatic heterocycles. The van der Waals surface area contributed by atoms with Gasteiger partial charge in [-0.15, -0.1) is 0 Å². The summed E-state index contributed by atoms with van der Waals surface area (Å²) in [6.45, 7) is 9.19. The van der Waals surface area contributed by atoms with E-state index in [1.807, 2.05) is 4.90 Å². The highest BCUT2D eigenvalue weighted by molar-refractivity contribution is 5.94. The molecule has 0 spiro atoms. The molecule has 3 unspecified atom stereocenters. The topological polar surface area (TPSA) is 72.9 Å². The van der Waals surface area contributed by atoms with Gasteiger partial charge < -0.3 is 20.2 Å². The van der Waals surface area contributed by atoms with E-state index in [2.05, 4.69) is 26.1 Å². The summed E-state index contributed by atoms with van der Waals surface area (Å²) in [5.74, 6) is 0.792. The van der Waals surface area contributed by atoms with Crippen LogP contribution in [-0.4, -0.2) is 59.1 Å². The molecular weight excluding hydrogens is 354 g/mol. The lowest BCUT2D eigenvalue weighted by molar-refractivity contribution is 0.0653. The van der Waals surface area contributed by atoms with Crippen molar-refractivity contribution >= 4 is 11.9 Å². The van der Waals surface area contributed by atoms with Crippen molar-refractivity contribution in [3.05, 3.63) is 29.8 Å². The maximum Gasteiger partial charge on any atom is 0.317 e. The molecule has 1 saturated heterocycles. The van der Waals surface area contributed by atoms with Gasteiger partial charge in [0.25, 0.3) is 5.91 Å². The fourth-order valence-electron chi connectivity index (χ4n) is 5.56. The number of piperazine rings is 1. The maximum absolute atomic E-state index is 12.9. The third kappa shape index (κ3) is 2.93. The fraction of sp³-hybridized carbons (Fsp3) is 0.636. The van der Waals surface area contributed by atoms with E-state index < -0.39 is 0 Å². The predicted molar refractivity (Wildman–Crippen MR) is 107 cm³/mol. The Bertz CT molecular complexity index is 768. The molecule has 2 bridgehead atoms. The highest BCUT2D eigenvalue weighted by Gasteiger charge is 2.61. The largest absolute Gasteiger partial charge is 0.508 e. The summed E-state index contributed by atoms with van der Waals surface area (Å²) >= 11 is 0. The molecule has 152 valence electrons. The van der Waals surface area contributed by atoms with Gasteiger partial charge in [0.05, 0.1) is 0 Å². The molecule has 0 radical (unpaired) electrons. The van der Waals surface area contributed by atoms with Gasteiger partial charge in [-0.2, -0.15) is 0 Å². The Hall–Kier alpha value is -2.24.